The first-order valence-corrected chi connectivity index (χ1v) is 10.1. The maximum absolute atomic E-state index is 12.3. The monoisotopic (exact) mass is 413 g/mol. The van der Waals surface area contributed by atoms with Gasteiger partial charge in [-0.25, -0.2) is 0 Å². The van der Waals surface area contributed by atoms with E-state index in [1.165, 1.54) is 25.2 Å². The van der Waals surface area contributed by atoms with Crippen LogP contribution in [0.25, 0.3) is 0 Å². The van der Waals surface area contributed by atoms with Crippen molar-refractivity contribution < 1.29 is 28.7 Å². The molecule has 1 saturated heterocycles. The van der Waals surface area contributed by atoms with Crippen molar-refractivity contribution in [3.8, 4) is 0 Å². The van der Waals surface area contributed by atoms with Crippen molar-refractivity contribution in [3.63, 3.8) is 0 Å². The number of hydrogen-bond acceptors (Lipinski definition) is 6. The fourth-order valence-electron chi connectivity index (χ4n) is 3.81. The average Bonchev–Trinajstić information content (AvgIpc) is 3.58. The number of imide groups is 1. The van der Waals surface area contributed by atoms with Gasteiger partial charge in [0.05, 0.1) is 17.0 Å². The number of carbonyl (C=O) groups is 5. The second-order valence-corrected chi connectivity index (χ2v) is 7.96. The number of nitrogens with zero attached hydrogens (tertiary/aromatic N) is 2. The SMILES string of the molecule is CN1C(=O)c2ccc(NC(=O)COC(=O)C3CCN(C(=O)C4CC4)CC3)cc2C1=O. The molecule has 1 saturated carbocycles. The molecule has 158 valence electrons. The number of anilines is 1. The van der Waals surface area contributed by atoms with E-state index in [0.29, 0.717) is 37.2 Å². The Bertz CT molecular complexity index is 931. The minimum absolute atomic E-state index is 0.172. The smallest absolute Gasteiger partial charge is 0.309 e. The lowest BCUT2D eigenvalue weighted by Gasteiger charge is -2.31. The third kappa shape index (κ3) is 3.92. The highest BCUT2D eigenvalue weighted by Crippen LogP contribution is 2.32. The molecule has 1 N–H and O–H groups in total. The summed E-state index contributed by atoms with van der Waals surface area (Å²) in [5.41, 5.74) is 0.862. The minimum atomic E-state index is -0.533. The van der Waals surface area contributed by atoms with Crippen LogP contribution in [0.1, 0.15) is 46.4 Å². The molecule has 1 aromatic carbocycles. The molecule has 0 radical (unpaired) electrons. The van der Waals surface area contributed by atoms with Gasteiger partial charge in [-0.2, -0.15) is 0 Å². The summed E-state index contributed by atoms with van der Waals surface area (Å²) in [5, 5.41) is 2.57. The van der Waals surface area contributed by atoms with Gasteiger partial charge in [-0.3, -0.25) is 28.9 Å². The predicted octanol–water partition coefficient (Wildman–Crippen LogP) is 1.04. The van der Waals surface area contributed by atoms with Gasteiger partial charge in [0.15, 0.2) is 6.61 Å². The average molecular weight is 413 g/mol. The fourth-order valence-corrected chi connectivity index (χ4v) is 3.81. The molecule has 2 fully saturated rings. The highest BCUT2D eigenvalue weighted by Gasteiger charge is 2.36. The standard InChI is InChI=1S/C21H23N3O6/c1-23-19(27)15-5-4-14(10-16(15)20(23)28)22-17(25)11-30-21(29)13-6-8-24(9-7-13)18(26)12-2-3-12/h4-5,10,12-13H,2-3,6-9,11H2,1H3,(H,22,25). The minimum Gasteiger partial charge on any atom is -0.455 e. The van der Waals surface area contributed by atoms with Gasteiger partial charge in [0.25, 0.3) is 17.7 Å². The van der Waals surface area contributed by atoms with Gasteiger partial charge in [-0.1, -0.05) is 0 Å². The maximum atomic E-state index is 12.3. The van der Waals surface area contributed by atoms with Crippen molar-refractivity contribution in [3.05, 3.63) is 29.3 Å². The first-order chi connectivity index (χ1) is 14.3. The van der Waals surface area contributed by atoms with Gasteiger partial charge in [-0.15, -0.1) is 0 Å². The third-order valence-corrected chi connectivity index (χ3v) is 5.79. The van der Waals surface area contributed by atoms with Crippen LogP contribution in [-0.2, 0) is 19.1 Å². The fraction of sp³-hybridized carbons (Fsp3) is 0.476. The number of nitrogens with one attached hydrogen (secondary N) is 1. The predicted molar refractivity (Wildman–Crippen MR) is 104 cm³/mol. The molecule has 0 aromatic heterocycles. The number of fused-ring (bicyclic) bond motifs is 1. The highest BCUT2D eigenvalue weighted by molar-refractivity contribution is 6.21. The quantitative estimate of drug-likeness (QED) is 0.570. The van der Waals surface area contributed by atoms with Gasteiger partial charge in [0.1, 0.15) is 0 Å². The summed E-state index contributed by atoms with van der Waals surface area (Å²) in [6.07, 6.45) is 2.99. The van der Waals surface area contributed by atoms with Crippen molar-refractivity contribution in [2.75, 3.05) is 32.1 Å². The Hall–Kier alpha value is -3.23. The Balaban J connectivity index is 1.24. The van der Waals surface area contributed by atoms with Gasteiger partial charge in [0, 0.05) is 31.7 Å². The Kier molecular flexibility index (Phi) is 5.27. The molecule has 30 heavy (non-hydrogen) atoms. The number of amides is 4. The molecule has 2 aliphatic heterocycles. The van der Waals surface area contributed by atoms with Crippen molar-refractivity contribution in [2.24, 2.45) is 11.8 Å². The summed E-state index contributed by atoms with van der Waals surface area (Å²) < 4.78 is 5.14. The molecule has 0 atom stereocenters. The molecular weight excluding hydrogens is 390 g/mol. The van der Waals surface area contributed by atoms with Crippen LogP contribution >= 0.6 is 0 Å². The van der Waals surface area contributed by atoms with Gasteiger partial charge < -0.3 is 15.0 Å². The van der Waals surface area contributed by atoms with Crippen LogP contribution in [0.2, 0.25) is 0 Å². The molecule has 1 aliphatic carbocycles. The lowest BCUT2D eigenvalue weighted by Crippen LogP contribution is -2.41. The molecule has 0 bridgehead atoms. The van der Waals surface area contributed by atoms with Crippen LogP contribution in [0.15, 0.2) is 18.2 Å². The zero-order valence-corrected chi connectivity index (χ0v) is 16.7. The van der Waals surface area contributed by atoms with Crippen LogP contribution < -0.4 is 5.32 Å². The molecule has 3 aliphatic rings. The number of hydrogen-bond donors (Lipinski definition) is 1. The second-order valence-electron chi connectivity index (χ2n) is 7.96. The summed E-state index contributed by atoms with van der Waals surface area (Å²) in [6.45, 7) is 0.638. The van der Waals surface area contributed by atoms with E-state index in [4.69, 9.17) is 4.74 Å². The number of rotatable bonds is 5. The van der Waals surface area contributed by atoms with E-state index >= 15 is 0 Å². The zero-order valence-electron chi connectivity index (χ0n) is 16.7. The van der Waals surface area contributed by atoms with E-state index in [1.807, 2.05) is 4.90 Å². The summed E-state index contributed by atoms with van der Waals surface area (Å²) >= 11 is 0. The van der Waals surface area contributed by atoms with Crippen molar-refractivity contribution in [2.45, 2.75) is 25.7 Å². The Morgan fingerprint density at radius 1 is 1.00 bits per heavy atom. The summed E-state index contributed by atoms with van der Waals surface area (Å²) in [4.78, 5) is 63.2. The lowest BCUT2D eigenvalue weighted by atomic mass is 9.97. The zero-order chi connectivity index (χ0) is 21.4. The molecule has 9 nitrogen and oxygen atoms in total. The van der Waals surface area contributed by atoms with E-state index in [0.717, 1.165) is 17.7 Å². The van der Waals surface area contributed by atoms with E-state index in [2.05, 4.69) is 5.32 Å². The first-order valence-electron chi connectivity index (χ1n) is 10.1. The Morgan fingerprint density at radius 3 is 2.33 bits per heavy atom. The van der Waals surface area contributed by atoms with E-state index in [9.17, 15) is 24.0 Å². The molecule has 4 amide bonds. The Morgan fingerprint density at radius 2 is 1.67 bits per heavy atom. The van der Waals surface area contributed by atoms with Crippen molar-refractivity contribution in [1.82, 2.24) is 9.80 Å². The molecule has 1 aromatic rings. The normalized spacial score (nSPS) is 19.0. The molecule has 0 spiro atoms. The van der Waals surface area contributed by atoms with Gasteiger partial charge in [0.2, 0.25) is 5.91 Å². The van der Waals surface area contributed by atoms with Crippen LogP contribution in [-0.4, -0.2) is 66.1 Å². The van der Waals surface area contributed by atoms with Crippen LogP contribution in [0.4, 0.5) is 5.69 Å². The highest BCUT2D eigenvalue weighted by atomic mass is 16.5. The molecule has 0 unspecified atom stereocenters. The van der Waals surface area contributed by atoms with Crippen LogP contribution in [0.3, 0.4) is 0 Å². The van der Waals surface area contributed by atoms with E-state index < -0.39 is 24.4 Å². The third-order valence-electron chi connectivity index (χ3n) is 5.79. The number of esters is 1. The van der Waals surface area contributed by atoms with Crippen molar-refractivity contribution >= 4 is 35.3 Å². The lowest BCUT2D eigenvalue weighted by molar-refractivity contribution is -0.154. The summed E-state index contributed by atoms with van der Waals surface area (Å²) in [5.74, 6) is -1.75. The van der Waals surface area contributed by atoms with Crippen LogP contribution in [0.5, 0.6) is 0 Å². The molecule has 4 rings (SSSR count). The number of carbonyl (C=O) groups excluding carboxylic acids is 5. The number of likely N-dealkylation sites (tertiary alicyclic amines) is 1. The van der Waals surface area contributed by atoms with Crippen molar-refractivity contribution in [1.29, 1.82) is 0 Å². The van der Waals surface area contributed by atoms with E-state index in [1.54, 1.807) is 0 Å². The topological polar surface area (TPSA) is 113 Å². The van der Waals surface area contributed by atoms with Gasteiger partial charge in [-0.05, 0) is 43.9 Å². The maximum Gasteiger partial charge on any atom is 0.309 e. The molecular formula is C21H23N3O6. The van der Waals surface area contributed by atoms with E-state index in [-0.39, 0.29) is 29.2 Å². The number of piperidine rings is 1. The largest absolute Gasteiger partial charge is 0.455 e. The second kappa shape index (κ2) is 7.89. The summed E-state index contributed by atoms with van der Waals surface area (Å²) in [7, 11) is 1.40. The molecule has 2 heterocycles. The molecule has 9 heteroatoms. The first kappa shape index (κ1) is 20.1. The number of benzene rings is 1. The van der Waals surface area contributed by atoms with Crippen LogP contribution in [0, 0.1) is 11.8 Å². The summed E-state index contributed by atoms with van der Waals surface area (Å²) in [6, 6.07) is 4.44. The van der Waals surface area contributed by atoms with Gasteiger partial charge >= 0.3 is 5.97 Å². The number of ether oxygens (including phenoxy) is 1. The Labute approximate surface area is 173 Å².